The van der Waals surface area contributed by atoms with Crippen LogP contribution in [0, 0.1) is 12.7 Å². The lowest BCUT2D eigenvalue weighted by atomic mass is 10.2. The van der Waals surface area contributed by atoms with Crippen LogP contribution in [0.4, 0.5) is 4.39 Å². The van der Waals surface area contributed by atoms with E-state index in [0.717, 1.165) is 48.3 Å². The molecule has 0 unspecified atom stereocenters. The lowest BCUT2D eigenvalue weighted by Crippen LogP contribution is -2.16. The molecule has 27 heavy (non-hydrogen) atoms. The lowest BCUT2D eigenvalue weighted by molar-refractivity contribution is 0.0953. The Morgan fingerprint density at radius 2 is 2.04 bits per heavy atom. The topological polar surface area (TPSA) is 39.9 Å². The Bertz CT molecular complexity index is 904. The number of nitrogens with zero attached hydrogens (tertiary/aromatic N) is 3. The van der Waals surface area contributed by atoms with Gasteiger partial charge in [-0.25, -0.2) is 4.39 Å². The fraction of sp³-hybridized carbons (Fsp3) is 0.333. The van der Waals surface area contributed by atoms with Crippen LogP contribution in [0.1, 0.15) is 24.0 Å². The molecule has 0 saturated carbocycles. The molecule has 2 aromatic carbocycles. The Balaban J connectivity index is 1.60. The Kier molecular flexibility index (Phi) is 5.55. The maximum Gasteiger partial charge on any atom is 0.191 e. The molecule has 0 amide bonds. The molecule has 0 aliphatic carbocycles. The number of hydrogen-bond donors (Lipinski definition) is 0. The summed E-state index contributed by atoms with van der Waals surface area (Å²) in [5, 5.41) is 9.69. The first-order valence-electron chi connectivity index (χ1n) is 9.18. The molecule has 3 aromatic rings. The summed E-state index contributed by atoms with van der Waals surface area (Å²) in [7, 11) is 0. The zero-order valence-corrected chi connectivity index (χ0v) is 16.1. The van der Waals surface area contributed by atoms with Gasteiger partial charge >= 0.3 is 0 Å². The van der Waals surface area contributed by atoms with Crippen molar-refractivity contribution in [3.63, 3.8) is 0 Å². The number of hydrogen-bond acceptors (Lipinski definition) is 4. The third kappa shape index (κ3) is 4.39. The molecule has 0 spiro atoms. The SMILES string of the molecule is Cc1cccc(CSc2nnc(-c3ccc(F)cc3)n2C[C@@H]2CCCO2)c1. The summed E-state index contributed by atoms with van der Waals surface area (Å²) in [5.74, 6) is 1.34. The van der Waals surface area contributed by atoms with Gasteiger partial charge in [-0.05, 0) is 49.6 Å². The molecule has 4 rings (SSSR count). The molecule has 6 heteroatoms. The standard InChI is InChI=1S/C21H22FN3OS/c1-15-4-2-5-16(12-15)14-27-21-24-23-20(17-7-9-18(22)10-8-17)25(21)13-19-6-3-11-26-19/h2,4-5,7-10,12,19H,3,6,11,13-14H2,1H3/t19-/m0/s1. The Morgan fingerprint density at radius 1 is 1.19 bits per heavy atom. The van der Waals surface area contributed by atoms with Gasteiger partial charge in [0.25, 0.3) is 0 Å². The first-order chi connectivity index (χ1) is 13.2. The van der Waals surface area contributed by atoms with Gasteiger partial charge in [-0.15, -0.1) is 10.2 Å². The van der Waals surface area contributed by atoms with Crippen LogP contribution in [0.2, 0.25) is 0 Å². The summed E-state index contributed by atoms with van der Waals surface area (Å²) in [5.41, 5.74) is 3.38. The second kappa shape index (κ2) is 8.23. The van der Waals surface area contributed by atoms with Crippen molar-refractivity contribution >= 4 is 11.8 Å². The van der Waals surface area contributed by atoms with Crippen LogP contribution >= 0.6 is 11.8 Å². The highest BCUT2D eigenvalue weighted by Crippen LogP contribution is 2.28. The number of halogens is 1. The van der Waals surface area contributed by atoms with Gasteiger partial charge in [0.15, 0.2) is 11.0 Å². The van der Waals surface area contributed by atoms with Gasteiger partial charge in [-0.3, -0.25) is 4.57 Å². The van der Waals surface area contributed by atoms with E-state index in [2.05, 4.69) is 46.0 Å². The largest absolute Gasteiger partial charge is 0.376 e. The number of rotatable bonds is 6. The second-order valence-electron chi connectivity index (χ2n) is 6.84. The van der Waals surface area contributed by atoms with E-state index >= 15 is 0 Å². The summed E-state index contributed by atoms with van der Waals surface area (Å²) in [6.45, 7) is 3.63. The van der Waals surface area contributed by atoms with Gasteiger partial charge in [0.05, 0.1) is 12.6 Å². The molecule has 1 aromatic heterocycles. The van der Waals surface area contributed by atoms with E-state index in [1.165, 1.54) is 23.3 Å². The molecule has 0 N–H and O–H groups in total. The van der Waals surface area contributed by atoms with Crippen LogP contribution in [0.5, 0.6) is 0 Å². The zero-order chi connectivity index (χ0) is 18.6. The van der Waals surface area contributed by atoms with Crippen LogP contribution in [0.15, 0.2) is 53.7 Å². The van der Waals surface area contributed by atoms with E-state index < -0.39 is 0 Å². The molecule has 4 nitrogen and oxygen atoms in total. The Labute approximate surface area is 162 Å². The van der Waals surface area contributed by atoms with Crippen LogP contribution in [-0.2, 0) is 17.0 Å². The highest BCUT2D eigenvalue weighted by Gasteiger charge is 2.21. The first kappa shape index (κ1) is 18.2. The van der Waals surface area contributed by atoms with Crippen molar-refractivity contribution < 1.29 is 9.13 Å². The first-order valence-corrected chi connectivity index (χ1v) is 10.2. The van der Waals surface area contributed by atoms with Crippen molar-refractivity contribution in [2.45, 2.75) is 43.3 Å². The predicted octanol–water partition coefficient (Wildman–Crippen LogP) is 4.86. The molecule has 2 heterocycles. The van der Waals surface area contributed by atoms with Gasteiger partial charge in [-0.1, -0.05) is 41.6 Å². The van der Waals surface area contributed by atoms with Crippen molar-refractivity contribution in [1.82, 2.24) is 14.8 Å². The molecule has 0 bridgehead atoms. The number of aromatic nitrogens is 3. The third-order valence-electron chi connectivity index (χ3n) is 4.68. The minimum atomic E-state index is -0.252. The lowest BCUT2D eigenvalue weighted by Gasteiger charge is -2.15. The maximum atomic E-state index is 13.3. The molecule has 1 atom stereocenters. The van der Waals surface area contributed by atoms with Crippen molar-refractivity contribution in [2.24, 2.45) is 0 Å². The van der Waals surface area contributed by atoms with E-state index in [0.29, 0.717) is 0 Å². The van der Waals surface area contributed by atoms with Gasteiger partial charge in [0.1, 0.15) is 5.82 Å². The molecule has 140 valence electrons. The normalized spacial score (nSPS) is 16.7. The molecule has 1 fully saturated rings. The second-order valence-corrected chi connectivity index (χ2v) is 7.78. The van der Waals surface area contributed by atoms with Crippen molar-refractivity contribution in [3.8, 4) is 11.4 Å². The minimum Gasteiger partial charge on any atom is -0.376 e. The molecule has 1 aliphatic rings. The molecular weight excluding hydrogens is 361 g/mol. The summed E-state index contributed by atoms with van der Waals surface area (Å²) < 4.78 is 21.2. The van der Waals surface area contributed by atoms with Crippen LogP contribution in [-0.4, -0.2) is 27.5 Å². The zero-order valence-electron chi connectivity index (χ0n) is 15.3. The minimum absolute atomic E-state index is 0.179. The van der Waals surface area contributed by atoms with Crippen LogP contribution in [0.25, 0.3) is 11.4 Å². The van der Waals surface area contributed by atoms with E-state index in [-0.39, 0.29) is 11.9 Å². The molecule has 1 saturated heterocycles. The molecule has 0 radical (unpaired) electrons. The third-order valence-corrected chi connectivity index (χ3v) is 5.72. The maximum absolute atomic E-state index is 13.3. The van der Waals surface area contributed by atoms with Crippen LogP contribution < -0.4 is 0 Å². The van der Waals surface area contributed by atoms with E-state index in [1.54, 1.807) is 23.9 Å². The average Bonchev–Trinajstić information content (AvgIpc) is 3.31. The highest BCUT2D eigenvalue weighted by molar-refractivity contribution is 7.98. The molecular formula is C21H22FN3OS. The highest BCUT2D eigenvalue weighted by atomic mass is 32.2. The van der Waals surface area contributed by atoms with Crippen molar-refractivity contribution in [3.05, 3.63) is 65.5 Å². The van der Waals surface area contributed by atoms with Gasteiger partial charge in [0, 0.05) is 17.9 Å². The summed E-state index contributed by atoms with van der Waals surface area (Å²) in [6, 6.07) is 14.9. The summed E-state index contributed by atoms with van der Waals surface area (Å²) in [6.07, 6.45) is 2.31. The van der Waals surface area contributed by atoms with Gasteiger partial charge in [0.2, 0.25) is 0 Å². The van der Waals surface area contributed by atoms with E-state index in [1.807, 2.05) is 0 Å². The van der Waals surface area contributed by atoms with Crippen LogP contribution in [0.3, 0.4) is 0 Å². The smallest absolute Gasteiger partial charge is 0.191 e. The van der Waals surface area contributed by atoms with E-state index in [4.69, 9.17) is 4.74 Å². The van der Waals surface area contributed by atoms with E-state index in [9.17, 15) is 4.39 Å². The summed E-state index contributed by atoms with van der Waals surface area (Å²) in [4.78, 5) is 0. The predicted molar refractivity (Wildman–Crippen MR) is 105 cm³/mol. The van der Waals surface area contributed by atoms with Gasteiger partial charge < -0.3 is 4.74 Å². The Hall–Kier alpha value is -2.18. The number of aryl methyl sites for hydroxylation is 1. The van der Waals surface area contributed by atoms with Crippen molar-refractivity contribution in [1.29, 1.82) is 0 Å². The fourth-order valence-electron chi connectivity index (χ4n) is 3.31. The molecule has 1 aliphatic heterocycles. The summed E-state index contributed by atoms with van der Waals surface area (Å²) >= 11 is 1.67. The Morgan fingerprint density at radius 3 is 2.78 bits per heavy atom. The average molecular weight is 383 g/mol. The fourth-order valence-corrected chi connectivity index (χ4v) is 4.21. The quantitative estimate of drug-likeness (QED) is 0.570. The van der Waals surface area contributed by atoms with Gasteiger partial charge in [-0.2, -0.15) is 0 Å². The number of ether oxygens (including phenoxy) is 1. The number of thioether (sulfide) groups is 1. The number of benzene rings is 2. The monoisotopic (exact) mass is 383 g/mol. The van der Waals surface area contributed by atoms with Crippen molar-refractivity contribution in [2.75, 3.05) is 6.61 Å².